The summed E-state index contributed by atoms with van der Waals surface area (Å²) in [6.07, 6.45) is 0. The Bertz CT molecular complexity index is 456. The number of ether oxygens (including phenoxy) is 2. The summed E-state index contributed by atoms with van der Waals surface area (Å²) in [5, 5.41) is 25.1. The van der Waals surface area contributed by atoms with Gasteiger partial charge in [-0.25, -0.2) is 9.59 Å². The number of cyclic esters (lactones) is 2. The molecular formula is C14H24N2O6. The summed E-state index contributed by atoms with van der Waals surface area (Å²) in [7, 11) is 0. The van der Waals surface area contributed by atoms with E-state index in [1.807, 2.05) is 0 Å². The predicted octanol–water partition coefficient (Wildman–Crippen LogP) is -1.70. The van der Waals surface area contributed by atoms with Crippen LogP contribution < -0.4 is 10.6 Å². The first kappa shape index (κ1) is 17.1. The maximum Gasteiger partial charge on any atom is 0.328 e. The summed E-state index contributed by atoms with van der Waals surface area (Å²) in [5.41, 5.74) is -4.67. The molecule has 4 N–H and O–H groups in total. The first-order valence-electron chi connectivity index (χ1n) is 7.19. The number of hydrogen-bond acceptors (Lipinski definition) is 8. The van der Waals surface area contributed by atoms with Crippen LogP contribution in [-0.4, -0.2) is 70.7 Å². The van der Waals surface area contributed by atoms with Gasteiger partial charge in [0.05, 0.1) is 24.3 Å². The van der Waals surface area contributed by atoms with Gasteiger partial charge in [0.2, 0.25) is 0 Å². The molecule has 126 valence electrons. The third-order valence-corrected chi connectivity index (χ3v) is 4.66. The Labute approximate surface area is 129 Å². The fourth-order valence-electron chi connectivity index (χ4n) is 2.95. The number of carbonyl (C=O) groups is 2. The molecule has 0 aromatic heterocycles. The van der Waals surface area contributed by atoms with Gasteiger partial charge < -0.3 is 19.7 Å². The molecule has 4 atom stereocenters. The summed E-state index contributed by atoms with van der Waals surface area (Å²) >= 11 is 0. The van der Waals surface area contributed by atoms with Crippen LogP contribution in [0.5, 0.6) is 0 Å². The highest BCUT2D eigenvalue weighted by molar-refractivity contribution is 5.95. The maximum atomic E-state index is 12.4. The molecule has 0 aromatic rings. The lowest BCUT2D eigenvalue weighted by Gasteiger charge is -2.54. The molecule has 2 aliphatic rings. The first-order chi connectivity index (χ1) is 10.0. The van der Waals surface area contributed by atoms with Crippen molar-refractivity contribution in [3.63, 3.8) is 0 Å². The van der Waals surface area contributed by atoms with E-state index in [0.717, 1.165) is 0 Å². The molecule has 8 heteroatoms. The highest BCUT2D eigenvalue weighted by atomic mass is 16.6. The average Bonchev–Trinajstić information content (AvgIpc) is 2.48. The smallest absolute Gasteiger partial charge is 0.328 e. The van der Waals surface area contributed by atoms with E-state index in [1.54, 1.807) is 13.8 Å². The van der Waals surface area contributed by atoms with E-state index in [2.05, 4.69) is 10.6 Å². The van der Waals surface area contributed by atoms with Crippen molar-refractivity contribution in [1.29, 1.82) is 0 Å². The van der Waals surface area contributed by atoms with Gasteiger partial charge in [-0.1, -0.05) is 0 Å². The molecule has 2 aliphatic heterocycles. The van der Waals surface area contributed by atoms with Crippen LogP contribution in [0.25, 0.3) is 0 Å². The van der Waals surface area contributed by atoms with Crippen molar-refractivity contribution < 1.29 is 29.3 Å². The van der Waals surface area contributed by atoms with Gasteiger partial charge in [0, 0.05) is 0 Å². The van der Waals surface area contributed by atoms with Gasteiger partial charge in [0.25, 0.3) is 0 Å². The predicted molar refractivity (Wildman–Crippen MR) is 76.0 cm³/mol. The Morgan fingerprint density at radius 1 is 0.864 bits per heavy atom. The number of aliphatic hydroxyl groups is 2. The minimum absolute atomic E-state index is 0.000316. The standard InChI is InChI=1S/C14H24N2O6/c1-11(5-17)7-21-9(19)13(3,15-11)14(4)10(20)22-8-12(2,6-18)16-14/h15-18H,5-8H2,1-4H3/t11-,12-,13+,14+/m1/s1. The van der Waals surface area contributed by atoms with Crippen LogP contribution in [0, 0.1) is 0 Å². The largest absolute Gasteiger partial charge is 0.462 e. The fourth-order valence-corrected chi connectivity index (χ4v) is 2.95. The molecule has 0 aliphatic carbocycles. The summed E-state index contributed by atoms with van der Waals surface area (Å²) < 4.78 is 10.4. The second-order valence-corrected chi connectivity index (χ2v) is 7.09. The second-order valence-electron chi connectivity index (χ2n) is 7.09. The van der Waals surface area contributed by atoms with Crippen molar-refractivity contribution in [2.45, 2.75) is 49.9 Å². The summed E-state index contributed by atoms with van der Waals surface area (Å²) in [5.74, 6) is -1.24. The van der Waals surface area contributed by atoms with E-state index in [4.69, 9.17) is 9.47 Å². The van der Waals surface area contributed by atoms with Crippen molar-refractivity contribution in [3.05, 3.63) is 0 Å². The zero-order valence-corrected chi connectivity index (χ0v) is 13.4. The Balaban J connectivity index is 2.44. The van der Waals surface area contributed by atoms with Crippen molar-refractivity contribution in [2.24, 2.45) is 0 Å². The summed E-state index contributed by atoms with van der Waals surface area (Å²) in [6, 6.07) is 0. The van der Waals surface area contributed by atoms with E-state index >= 15 is 0 Å². The molecule has 0 amide bonds. The third-order valence-electron chi connectivity index (χ3n) is 4.66. The van der Waals surface area contributed by atoms with Crippen LogP contribution in [0.4, 0.5) is 0 Å². The topological polar surface area (TPSA) is 117 Å². The average molecular weight is 316 g/mol. The molecule has 0 aromatic carbocycles. The van der Waals surface area contributed by atoms with Gasteiger partial charge in [-0.15, -0.1) is 0 Å². The molecule has 2 rings (SSSR count). The van der Waals surface area contributed by atoms with Crippen molar-refractivity contribution in [2.75, 3.05) is 26.4 Å². The number of nitrogens with one attached hydrogen (secondary N) is 2. The van der Waals surface area contributed by atoms with Gasteiger partial charge in [-0.3, -0.25) is 10.6 Å². The van der Waals surface area contributed by atoms with Crippen molar-refractivity contribution in [1.82, 2.24) is 10.6 Å². The normalized spacial score (nSPS) is 46.1. The van der Waals surface area contributed by atoms with E-state index in [1.165, 1.54) is 13.8 Å². The molecule has 0 saturated carbocycles. The number of carbonyl (C=O) groups excluding carboxylic acids is 2. The molecule has 8 nitrogen and oxygen atoms in total. The van der Waals surface area contributed by atoms with Gasteiger partial charge in [0.1, 0.15) is 24.3 Å². The Hall–Kier alpha value is -1.22. The molecule has 22 heavy (non-hydrogen) atoms. The third kappa shape index (κ3) is 2.40. The lowest BCUT2D eigenvalue weighted by molar-refractivity contribution is -0.187. The van der Waals surface area contributed by atoms with Crippen LogP contribution in [0.15, 0.2) is 0 Å². The fraction of sp³-hybridized carbons (Fsp3) is 0.857. The van der Waals surface area contributed by atoms with Gasteiger partial charge in [0.15, 0.2) is 0 Å². The Kier molecular flexibility index (Phi) is 4.02. The van der Waals surface area contributed by atoms with Gasteiger partial charge in [-0.05, 0) is 27.7 Å². The van der Waals surface area contributed by atoms with Crippen molar-refractivity contribution in [3.8, 4) is 0 Å². The van der Waals surface area contributed by atoms with Crippen LogP contribution in [-0.2, 0) is 19.1 Å². The maximum absolute atomic E-state index is 12.4. The zero-order chi connectivity index (χ0) is 16.8. The minimum Gasteiger partial charge on any atom is -0.462 e. The molecular weight excluding hydrogens is 292 g/mol. The number of morpholine rings is 2. The van der Waals surface area contributed by atoms with Gasteiger partial charge >= 0.3 is 11.9 Å². The van der Waals surface area contributed by atoms with Gasteiger partial charge in [-0.2, -0.15) is 0 Å². The lowest BCUT2D eigenvalue weighted by Crippen LogP contribution is -2.84. The molecule has 2 fully saturated rings. The molecule has 2 saturated heterocycles. The number of rotatable bonds is 3. The minimum atomic E-state index is -1.46. The highest BCUT2D eigenvalue weighted by Gasteiger charge is 2.64. The van der Waals surface area contributed by atoms with Crippen LogP contribution >= 0.6 is 0 Å². The number of aliphatic hydroxyl groups excluding tert-OH is 2. The second kappa shape index (κ2) is 5.16. The summed E-state index contributed by atoms with van der Waals surface area (Å²) in [4.78, 5) is 24.8. The van der Waals surface area contributed by atoms with Crippen molar-refractivity contribution >= 4 is 11.9 Å². The van der Waals surface area contributed by atoms with E-state index in [0.29, 0.717) is 0 Å². The molecule has 0 spiro atoms. The SMILES string of the molecule is C[C@@]1(CO)COC(=O)[C@@](C)([C@@]2(C)N[C@](C)(CO)COC2=O)N1. The molecule has 2 heterocycles. The van der Waals surface area contributed by atoms with Crippen LogP contribution in [0.1, 0.15) is 27.7 Å². The number of hydrogen-bond donors (Lipinski definition) is 4. The Morgan fingerprint density at radius 3 is 1.45 bits per heavy atom. The molecule has 0 radical (unpaired) electrons. The first-order valence-corrected chi connectivity index (χ1v) is 7.19. The van der Waals surface area contributed by atoms with E-state index in [9.17, 15) is 19.8 Å². The lowest BCUT2D eigenvalue weighted by atomic mass is 9.73. The monoisotopic (exact) mass is 316 g/mol. The van der Waals surface area contributed by atoms with E-state index in [-0.39, 0.29) is 26.4 Å². The molecule has 0 unspecified atom stereocenters. The van der Waals surface area contributed by atoms with Crippen LogP contribution in [0.3, 0.4) is 0 Å². The van der Waals surface area contributed by atoms with Crippen LogP contribution in [0.2, 0.25) is 0 Å². The zero-order valence-electron chi connectivity index (χ0n) is 13.4. The van der Waals surface area contributed by atoms with E-state index < -0.39 is 34.1 Å². The molecule has 0 bridgehead atoms. The number of esters is 2. The highest BCUT2D eigenvalue weighted by Crippen LogP contribution is 2.35. The quantitative estimate of drug-likeness (QED) is 0.455. The Morgan fingerprint density at radius 2 is 1.18 bits per heavy atom. The summed E-state index contributed by atoms with van der Waals surface area (Å²) in [6.45, 7) is 5.91.